The molecule has 0 spiro atoms. The Morgan fingerprint density at radius 3 is 2.50 bits per heavy atom. The minimum absolute atomic E-state index is 0.101. The zero-order chi connectivity index (χ0) is 11.0. The summed E-state index contributed by atoms with van der Waals surface area (Å²) in [7, 11) is 0. The Hall–Kier alpha value is -0.330. The highest BCUT2D eigenvalue weighted by atomic mass is 19.4. The largest absolute Gasteiger partial charge is 0.403 e. The first kappa shape index (κ1) is 11.7. The molecule has 2 unspecified atom stereocenters. The van der Waals surface area contributed by atoms with E-state index >= 15 is 0 Å². The van der Waals surface area contributed by atoms with E-state index in [0.29, 0.717) is 6.42 Å². The lowest BCUT2D eigenvalue weighted by molar-refractivity contribution is -0.176. The molecule has 0 aromatic rings. The molecule has 3 nitrogen and oxygen atoms in total. The van der Waals surface area contributed by atoms with Crippen molar-refractivity contribution >= 4 is 0 Å². The summed E-state index contributed by atoms with van der Waals surface area (Å²) in [5.41, 5.74) is 4.81. The Balaban J connectivity index is 2.58. The van der Waals surface area contributed by atoms with Gasteiger partial charge in [-0.1, -0.05) is 0 Å². The number of rotatable bonds is 2. The molecule has 1 fully saturated rings. The maximum absolute atomic E-state index is 12.3. The molecule has 0 bridgehead atoms. The lowest BCUT2D eigenvalue weighted by Gasteiger charge is -2.28. The van der Waals surface area contributed by atoms with Gasteiger partial charge in [0, 0.05) is 13.1 Å². The van der Waals surface area contributed by atoms with Gasteiger partial charge in [0.15, 0.2) is 0 Å². The molecule has 0 saturated carbocycles. The second kappa shape index (κ2) is 3.67. The normalized spacial score (nSPS) is 32.1. The van der Waals surface area contributed by atoms with E-state index < -0.39 is 17.8 Å². The quantitative estimate of drug-likeness (QED) is 0.693. The van der Waals surface area contributed by atoms with Crippen molar-refractivity contribution in [1.82, 2.24) is 4.90 Å². The first-order valence-corrected chi connectivity index (χ1v) is 4.49. The summed E-state index contributed by atoms with van der Waals surface area (Å²) in [5.74, 6) is 0. The number of nitrogens with zero attached hydrogens (tertiary/aromatic N) is 1. The van der Waals surface area contributed by atoms with E-state index in [-0.39, 0.29) is 19.7 Å². The van der Waals surface area contributed by atoms with Crippen LogP contribution in [0.3, 0.4) is 0 Å². The van der Waals surface area contributed by atoms with Gasteiger partial charge in [0.2, 0.25) is 0 Å². The Kier molecular flexibility index (Phi) is 3.08. The van der Waals surface area contributed by atoms with Crippen LogP contribution in [0.5, 0.6) is 0 Å². The van der Waals surface area contributed by atoms with Crippen molar-refractivity contribution in [3.63, 3.8) is 0 Å². The van der Waals surface area contributed by atoms with Crippen LogP contribution in [0.4, 0.5) is 13.2 Å². The Morgan fingerprint density at radius 2 is 2.14 bits per heavy atom. The molecule has 1 rings (SSSR count). The number of likely N-dealkylation sites (tertiary alicyclic amines) is 1. The number of halogens is 3. The lowest BCUT2D eigenvalue weighted by atomic mass is 10.0. The molecule has 2 atom stereocenters. The summed E-state index contributed by atoms with van der Waals surface area (Å²) in [5, 5.41) is 8.89. The van der Waals surface area contributed by atoms with Crippen LogP contribution in [0.1, 0.15) is 13.3 Å². The number of nitrogens with two attached hydrogens (primary N) is 1. The first-order valence-electron chi connectivity index (χ1n) is 4.49. The van der Waals surface area contributed by atoms with Crippen LogP contribution < -0.4 is 5.73 Å². The third-order valence-electron chi connectivity index (χ3n) is 2.75. The number of aliphatic hydroxyl groups excluding tert-OH is 1. The van der Waals surface area contributed by atoms with Crippen molar-refractivity contribution < 1.29 is 18.3 Å². The van der Waals surface area contributed by atoms with Gasteiger partial charge >= 0.3 is 6.18 Å². The molecule has 3 N–H and O–H groups in total. The highest BCUT2D eigenvalue weighted by Gasteiger charge is 2.45. The van der Waals surface area contributed by atoms with Gasteiger partial charge in [0.05, 0.1) is 12.1 Å². The van der Waals surface area contributed by atoms with Gasteiger partial charge in [-0.15, -0.1) is 0 Å². The summed E-state index contributed by atoms with van der Waals surface area (Å²) in [6.45, 7) is 1.24. The van der Waals surface area contributed by atoms with E-state index in [1.54, 1.807) is 0 Å². The summed E-state index contributed by atoms with van der Waals surface area (Å²) >= 11 is 0. The predicted molar refractivity (Wildman–Crippen MR) is 45.7 cm³/mol. The van der Waals surface area contributed by atoms with Crippen LogP contribution in [-0.4, -0.2) is 47.5 Å². The third-order valence-corrected chi connectivity index (χ3v) is 2.75. The van der Waals surface area contributed by atoms with Crippen LogP contribution in [0.15, 0.2) is 0 Å². The van der Waals surface area contributed by atoms with E-state index in [1.807, 2.05) is 0 Å². The average Bonchev–Trinajstić information content (AvgIpc) is 2.46. The highest BCUT2D eigenvalue weighted by molar-refractivity contribution is 4.96. The number of hydrogen-bond acceptors (Lipinski definition) is 3. The smallest absolute Gasteiger partial charge is 0.394 e. The number of aliphatic hydroxyl groups is 1. The van der Waals surface area contributed by atoms with Gasteiger partial charge < -0.3 is 10.8 Å². The Morgan fingerprint density at radius 1 is 1.57 bits per heavy atom. The monoisotopic (exact) mass is 212 g/mol. The number of hydrogen-bond donors (Lipinski definition) is 2. The number of alkyl halides is 3. The maximum Gasteiger partial charge on any atom is 0.403 e. The fraction of sp³-hybridized carbons (Fsp3) is 1.00. The molecule has 0 amide bonds. The van der Waals surface area contributed by atoms with Crippen LogP contribution in [0, 0.1) is 0 Å². The summed E-state index contributed by atoms with van der Waals surface area (Å²) in [6, 6.07) is -1.49. The molecule has 0 radical (unpaired) electrons. The molecular formula is C8H15F3N2O. The SMILES string of the molecule is CC(N1CCC(N)(CO)C1)C(F)(F)F. The van der Waals surface area contributed by atoms with Gasteiger partial charge in [-0.05, 0) is 13.3 Å². The van der Waals surface area contributed by atoms with E-state index in [1.165, 1.54) is 4.90 Å². The minimum atomic E-state index is -4.22. The fourth-order valence-electron chi connectivity index (χ4n) is 1.60. The lowest BCUT2D eigenvalue weighted by Crippen LogP contribution is -2.49. The van der Waals surface area contributed by atoms with E-state index in [4.69, 9.17) is 10.8 Å². The van der Waals surface area contributed by atoms with Crippen LogP contribution in [0.25, 0.3) is 0 Å². The third kappa shape index (κ3) is 2.37. The highest BCUT2D eigenvalue weighted by Crippen LogP contribution is 2.29. The van der Waals surface area contributed by atoms with E-state index in [0.717, 1.165) is 6.92 Å². The molecule has 6 heteroatoms. The summed E-state index contributed by atoms with van der Waals surface area (Å²) in [4.78, 5) is 1.26. The second-order valence-corrected chi connectivity index (χ2v) is 3.96. The molecular weight excluding hydrogens is 197 g/mol. The van der Waals surface area contributed by atoms with Crippen molar-refractivity contribution in [2.75, 3.05) is 19.7 Å². The molecule has 0 aromatic heterocycles. The molecule has 1 aliphatic rings. The second-order valence-electron chi connectivity index (χ2n) is 3.96. The molecule has 1 heterocycles. The summed E-state index contributed by atoms with van der Waals surface area (Å²) in [6.07, 6.45) is -3.81. The molecule has 1 saturated heterocycles. The molecule has 14 heavy (non-hydrogen) atoms. The molecule has 0 aromatic carbocycles. The van der Waals surface area contributed by atoms with Gasteiger partial charge in [-0.2, -0.15) is 13.2 Å². The standard InChI is InChI=1S/C8H15F3N2O/c1-6(8(9,10)11)13-3-2-7(12,4-13)5-14/h6,14H,2-5,12H2,1H3. The topological polar surface area (TPSA) is 49.5 Å². The van der Waals surface area contributed by atoms with Crippen LogP contribution in [-0.2, 0) is 0 Å². The van der Waals surface area contributed by atoms with Gasteiger partial charge in [-0.25, -0.2) is 0 Å². The Labute approximate surface area is 80.7 Å². The van der Waals surface area contributed by atoms with Crippen molar-refractivity contribution in [2.45, 2.75) is 31.1 Å². The molecule has 1 aliphatic heterocycles. The first-order chi connectivity index (χ1) is 6.28. The zero-order valence-corrected chi connectivity index (χ0v) is 8.01. The maximum atomic E-state index is 12.3. The summed E-state index contributed by atoms with van der Waals surface area (Å²) < 4.78 is 36.9. The van der Waals surface area contributed by atoms with Gasteiger partial charge in [0.25, 0.3) is 0 Å². The van der Waals surface area contributed by atoms with Crippen molar-refractivity contribution in [3.05, 3.63) is 0 Å². The zero-order valence-electron chi connectivity index (χ0n) is 8.01. The fourth-order valence-corrected chi connectivity index (χ4v) is 1.60. The van der Waals surface area contributed by atoms with Crippen molar-refractivity contribution in [1.29, 1.82) is 0 Å². The van der Waals surface area contributed by atoms with Crippen molar-refractivity contribution in [2.24, 2.45) is 5.73 Å². The minimum Gasteiger partial charge on any atom is -0.394 e. The van der Waals surface area contributed by atoms with Crippen LogP contribution >= 0.6 is 0 Å². The van der Waals surface area contributed by atoms with Gasteiger partial charge in [0.1, 0.15) is 6.04 Å². The van der Waals surface area contributed by atoms with Crippen LogP contribution in [0.2, 0.25) is 0 Å². The van der Waals surface area contributed by atoms with E-state index in [2.05, 4.69) is 0 Å². The average molecular weight is 212 g/mol. The van der Waals surface area contributed by atoms with E-state index in [9.17, 15) is 13.2 Å². The molecule has 0 aliphatic carbocycles. The van der Waals surface area contributed by atoms with Gasteiger partial charge in [-0.3, -0.25) is 4.90 Å². The van der Waals surface area contributed by atoms with Crippen molar-refractivity contribution in [3.8, 4) is 0 Å². The Bertz CT molecular complexity index is 209. The molecule has 84 valence electrons. The predicted octanol–water partition coefficient (Wildman–Crippen LogP) is 0.333.